The molecule has 8 heteroatoms. The minimum absolute atomic E-state index is 0.0284. The highest BCUT2D eigenvalue weighted by Crippen LogP contribution is 2.37. The Kier molecular flexibility index (Phi) is 5.04. The summed E-state index contributed by atoms with van der Waals surface area (Å²) < 4.78 is 15.6. The second kappa shape index (κ2) is 7.40. The number of nitrogens with zero attached hydrogens (tertiary/aromatic N) is 1. The van der Waals surface area contributed by atoms with Gasteiger partial charge in [0.25, 0.3) is 5.22 Å². The summed E-state index contributed by atoms with van der Waals surface area (Å²) >= 11 is 0.873. The zero-order valence-corrected chi connectivity index (χ0v) is 14.7. The molecule has 0 atom stereocenters. The molecule has 0 aliphatic rings. The Balaban J connectivity index is 1.98. The number of oxazole rings is 1. The highest BCUT2D eigenvalue weighted by Gasteiger charge is 2.15. The lowest BCUT2D eigenvalue weighted by Crippen LogP contribution is -2.00. The highest BCUT2D eigenvalue weighted by atomic mass is 32.2. The molecule has 1 aromatic heterocycles. The summed E-state index contributed by atoms with van der Waals surface area (Å²) in [4.78, 5) is 15.8. The Morgan fingerprint density at radius 1 is 1.23 bits per heavy atom. The largest absolute Gasteiger partial charge is 0.867 e. The predicted molar refractivity (Wildman–Crippen MR) is 94.5 cm³/mol. The van der Waals surface area contributed by atoms with Crippen LogP contribution in [0.15, 0.2) is 50.9 Å². The van der Waals surface area contributed by atoms with Crippen LogP contribution in [-0.2, 0) is 4.79 Å². The Bertz CT molecular complexity index is 936. The number of rotatable bonds is 6. The lowest BCUT2D eigenvalue weighted by atomic mass is 10.1. The van der Waals surface area contributed by atoms with Crippen LogP contribution in [0.1, 0.15) is 5.56 Å². The van der Waals surface area contributed by atoms with Crippen molar-refractivity contribution < 1.29 is 28.9 Å². The average Bonchev–Trinajstić information content (AvgIpc) is 3.04. The van der Waals surface area contributed by atoms with Gasteiger partial charge in [-0.25, -0.2) is 9.78 Å². The first-order chi connectivity index (χ1) is 12.5. The minimum Gasteiger partial charge on any atom is -0.867 e. The molecule has 3 aromatic rings. The molecule has 0 aliphatic carbocycles. The molecule has 134 valence electrons. The second-order valence-corrected chi connectivity index (χ2v) is 6.11. The van der Waals surface area contributed by atoms with Gasteiger partial charge >= 0.3 is 5.97 Å². The summed E-state index contributed by atoms with van der Waals surface area (Å²) in [7, 11) is 2.71. The molecule has 0 aliphatic heterocycles. The molecule has 26 heavy (non-hydrogen) atoms. The van der Waals surface area contributed by atoms with E-state index >= 15 is 0 Å². The van der Waals surface area contributed by atoms with Crippen LogP contribution < -0.4 is 14.6 Å². The molecule has 0 unspecified atom stereocenters. The molecule has 7 nitrogen and oxygen atoms in total. The Hall–Kier alpha value is -3.13. The molecule has 1 heterocycles. The van der Waals surface area contributed by atoms with Crippen LogP contribution in [0.4, 0.5) is 0 Å². The average molecular weight is 372 g/mol. The van der Waals surface area contributed by atoms with Gasteiger partial charge in [0.2, 0.25) is 0 Å². The van der Waals surface area contributed by atoms with E-state index in [4.69, 9.17) is 13.9 Å². The molecule has 2 aromatic carbocycles. The van der Waals surface area contributed by atoms with Crippen LogP contribution in [-0.4, -0.2) is 30.3 Å². The molecule has 0 fully saturated rings. The van der Waals surface area contributed by atoms with Gasteiger partial charge in [-0.2, -0.15) is 0 Å². The fourth-order valence-corrected chi connectivity index (χ4v) is 3.00. The quantitative estimate of drug-likeness (QED) is 0.520. The smallest absolute Gasteiger partial charge is 0.342 e. The lowest BCUT2D eigenvalue weighted by molar-refractivity contribution is -0.271. The monoisotopic (exact) mass is 372 g/mol. The number of carboxylic acid groups (broad SMARTS) is 1. The molecule has 0 bridgehead atoms. The standard InChI is InChI=1S/C18H15NO6S/c1-23-13-7-10(8-14(24-2)16(13)20)9-15(17(21)22)26-18-19-11-5-3-4-6-12(11)25-18/h3-9,20H,1-2H3,(H,21,22)/p-1/b15-9+. The minimum atomic E-state index is -1.15. The van der Waals surface area contributed by atoms with E-state index in [1.54, 1.807) is 18.2 Å². The van der Waals surface area contributed by atoms with E-state index in [-0.39, 0.29) is 21.6 Å². The zero-order valence-electron chi connectivity index (χ0n) is 13.9. The van der Waals surface area contributed by atoms with Crippen molar-refractivity contribution in [3.63, 3.8) is 0 Å². The van der Waals surface area contributed by atoms with Gasteiger partial charge in [0.05, 0.1) is 14.2 Å². The van der Waals surface area contributed by atoms with Crippen LogP contribution >= 0.6 is 11.8 Å². The Morgan fingerprint density at radius 3 is 2.46 bits per heavy atom. The van der Waals surface area contributed by atoms with Gasteiger partial charge in [0.15, 0.2) is 5.58 Å². The summed E-state index contributed by atoms with van der Waals surface area (Å²) in [5, 5.41) is 21.7. The van der Waals surface area contributed by atoms with E-state index < -0.39 is 11.7 Å². The van der Waals surface area contributed by atoms with Gasteiger partial charge in [-0.1, -0.05) is 12.1 Å². The van der Waals surface area contributed by atoms with Gasteiger partial charge in [-0.3, -0.25) is 0 Å². The number of ether oxygens (including phenoxy) is 2. The fraction of sp³-hybridized carbons (Fsp3) is 0.111. The van der Waals surface area contributed by atoms with Crippen molar-refractivity contribution in [2.24, 2.45) is 0 Å². The number of thioether (sulfide) groups is 1. The maximum Gasteiger partial charge on any atom is 0.342 e. The number of benzene rings is 2. The third-order valence-electron chi connectivity index (χ3n) is 3.46. The first kappa shape index (κ1) is 17.7. The van der Waals surface area contributed by atoms with E-state index in [1.807, 2.05) is 6.07 Å². The molecule has 0 saturated carbocycles. The van der Waals surface area contributed by atoms with Crippen LogP contribution in [0.2, 0.25) is 0 Å². The molecule has 0 amide bonds. The van der Waals surface area contributed by atoms with Crippen molar-refractivity contribution in [1.82, 2.24) is 4.98 Å². The molecular formula is C18H14NO6S-. The molecule has 3 rings (SSSR count). The van der Waals surface area contributed by atoms with Crippen molar-refractivity contribution in [3.05, 3.63) is 46.9 Å². The summed E-state index contributed by atoms with van der Waals surface area (Å²) in [6.07, 6.45) is 1.40. The maximum atomic E-state index is 12.0. The first-order valence-electron chi connectivity index (χ1n) is 7.43. The second-order valence-electron chi connectivity index (χ2n) is 5.12. The summed E-state index contributed by atoms with van der Waals surface area (Å²) in [5.41, 5.74) is 1.65. The molecule has 0 spiro atoms. The predicted octanol–water partition coefficient (Wildman–Crippen LogP) is 3.14. The van der Waals surface area contributed by atoms with E-state index in [9.17, 15) is 15.0 Å². The van der Waals surface area contributed by atoms with Crippen LogP contribution in [0, 0.1) is 0 Å². The van der Waals surface area contributed by atoms with Crippen molar-refractivity contribution in [3.8, 4) is 17.2 Å². The molecule has 0 radical (unpaired) electrons. The van der Waals surface area contributed by atoms with Gasteiger partial charge in [-0.05, 0) is 53.4 Å². The van der Waals surface area contributed by atoms with Gasteiger partial charge in [-0.15, -0.1) is 0 Å². The van der Waals surface area contributed by atoms with Gasteiger partial charge < -0.3 is 24.1 Å². The van der Waals surface area contributed by atoms with Crippen LogP contribution in [0.25, 0.3) is 17.2 Å². The van der Waals surface area contributed by atoms with E-state index in [0.29, 0.717) is 16.7 Å². The SMILES string of the molecule is COc1cc(/C=C(/Sc2nc3ccccc3o2)C(=O)O)cc(OC)c1[O-]. The number of methoxy groups -OCH3 is 2. The summed E-state index contributed by atoms with van der Waals surface area (Å²) in [6.45, 7) is 0. The number of carboxylic acids is 1. The van der Waals surface area contributed by atoms with E-state index in [1.165, 1.54) is 32.4 Å². The summed E-state index contributed by atoms with van der Waals surface area (Å²) in [6, 6.07) is 10.0. The third-order valence-corrected chi connectivity index (χ3v) is 4.32. The number of carbonyl (C=O) groups is 1. The number of fused-ring (bicyclic) bond motifs is 1. The number of aliphatic carboxylic acids is 1. The Labute approximate surface area is 152 Å². The molecule has 1 N–H and O–H groups in total. The maximum absolute atomic E-state index is 12.0. The third kappa shape index (κ3) is 3.60. The highest BCUT2D eigenvalue weighted by molar-refractivity contribution is 8.03. The van der Waals surface area contributed by atoms with Gasteiger partial charge in [0.1, 0.15) is 21.9 Å². The van der Waals surface area contributed by atoms with Crippen LogP contribution in [0.3, 0.4) is 0 Å². The van der Waals surface area contributed by atoms with E-state index in [2.05, 4.69) is 4.98 Å². The van der Waals surface area contributed by atoms with Crippen molar-refractivity contribution in [2.45, 2.75) is 5.22 Å². The fourth-order valence-electron chi connectivity index (χ4n) is 2.26. The molecule has 0 saturated heterocycles. The number of aromatic nitrogens is 1. The zero-order chi connectivity index (χ0) is 18.7. The van der Waals surface area contributed by atoms with Crippen molar-refractivity contribution in [1.29, 1.82) is 0 Å². The van der Waals surface area contributed by atoms with Crippen molar-refractivity contribution >= 4 is 34.9 Å². The normalized spacial score (nSPS) is 11.5. The summed E-state index contributed by atoms with van der Waals surface area (Å²) in [5.74, 6) is -1.43. The van der Waals surface area contributed by atoms with Gasteiger partial charge in [0, 0.05) is 0 Å². The lowest BCUT2D eigenvalue weighted by Gasteiger charge is -2.17. The van der Waals surface area contributed by atoms with Crippen molar-refractivity contribution in [2.75, 3.05) is 14.2 Å². The number of hydrogen-bond acceptors (Lipinski definition) is 7. The number of para-hydroxylation sites is 2. The molecular weight excluding hydrogens is 358 g/mol. The topological polar surface area (TPSA) is 105 Å². The van der Waals surface area contributed by atoms with Crippen LogP contribution in [0.5, 0.6) is 17.2 Å². The van der Waals surface area contributed by atoms with E-state index in [0.717, 1.165) is 11.8 Å². The number of hydrogen-bond donors (Lipinski definition) is 1. The first-order valence-corrected chi connectivity index (χ1v) is 8.25. The Morgan fingerprint density at radius 2 is 1.88 bits per heavy atom.